The highest BCUT2D eigenvalue weighted by Gasteiger charge is 2.26. The standard InChI is InChI=1S/C25H26FN5O5S/c1-29(37(2,34)35)21-13-19(30-7-9-36-10-8-30)15-31-24(21)28-22(23(32)25(31)33)20-12-17(14-27-20)11-16-3-5-18(26)6-4-16/h3-6,13-15,32H,7-12H2,1-2H3. The van der Waals surface area contributed by atoms with Crippen molar-refractivity contribution in [3.05, 3.63) is 75.7 Å². The Morgan fingerprint density at radius 1 is 1.19 bits per heavy atom. The molecule has 0 spiro atoms. The molecule has 3 aromatic rings. The number of aliphatic imine (C=N–C) groups is 1. The van der Waals surface area contributed by atoms with Crippen LogP contribution in [0.25, 0.3) is 5.65 Å². The summed E-state index contributed by atoms with van der Waals surface area (Å²) in [5.74, 6) is -0.890. The van der Waals surface area contributed by atoms with Crippen LogP contribution >= 0.6 is 0 Å². The first-order valence-corrected chi connectivity index (χ1v) is 13.5. The number of halogens is 1. The second-order valence-electron chi connectivity index (χ2n) is 9.06. The van der Waals surface area contributed by atoms with Gasteiger partial charge in [0.1, 0.15) is 11.5 Å². The van der Waals surface area contributed by atoms with Gasteiger partial charge in [-0.05, 0) is 35.8 Å². The Balaban J connectivity index is 1.56. The summed E-state index contributed by atoms with van der Waals surface area (Å²) in [5.41, 5.74) is 2.34. The maximum atomic E-state index is 13.3. The van der Waals surface area contributed by atoms with Crippen molar-refractivity contribution in [1.29, 1.82) is 0 Å². The molecule has 12 heteroatoms. The number of sulfonamides is 1. The fourth-order valence-corrected chi connectivity index (χ4v) is 4.89. The Labute approximate surface area is 213 Å². The van der Waals surface area contributed by atoms with E-state index >= 15 is 0 Å². The Bertz CT molecular complexity index is 1590. The summed E-state index contributed by atoms with van der Waals surface area (Å²) in [4.78, 5) is 24.2. The zero-order valence-electron chi connectivity index (χ0n) is 20.4. The molecule has 194 valence electrons. The zero-order chi connectivity index (χ0) is 26.3. The second-order valence-corrected chi connectivity index (χ2v) is 11.1. The van der Waals surface area contributed by atoms with Gasteiger partial charge in [0.05, 0.1) is 36.6 Å². The first kappa shape index (κ1) is 24.9. The molecule has 0 bridgehead atoms. The molecule has 2 aliphatic rings. The molecule has 1 saturated heterocycles. The maximum Gasteiger partial charge on any atom is 0.300 e. The van der Waals surface area contributed by atoms with Crippen LogP contribution in [0.2, 0.25) is 0 Å². The predicted octanol–water partition coefficient (Wildman–Crippen LogP) is 2.09. The average Bonchev–Trinajstić information content (AvgIpc) is 3.34. The van der Waals surface area contributed by atoms with Crippen LogP contribution in [0, 0.1) is 5.82 Å². The molecule has 0 atom stereocenters. The number of aromatic hydroxyl groups is 1. The first-order valence-electron chi connectivity index (χ1n) is 11.7. The van der Waals surface area contributed by atoms with Crippen LogP contribution in [0.1, 0.15) is 17.7 Å². The lowest BCUT2D eigenvalue weighted by Gasteiger charge is -2.30. The van der Waals surface area contributed by atoms with E-state index in [9.17, 15) is 22.7 Å². The lowest BCUT2D eigenvalue weighted by Crippen LogP contribution is -2.37. The van der Waals surface area contributed by atoms with Crippen LogP contribution in [-0.2, 0) is 21.2 Å². The van der Waals surface area contributed by atoms with Crippen LogP contribution in [0.5, 0.6) is 5.75 Å². The number of ether oxygens (including phenoxy) is 1. The van der Waals surface area contributed by atoms with Gasteiger partial charge in [-0.3, -0.25) is 18.5 Å². The summed E-state index contributed by atoms with van der Waals surface area (Å²) < 4.78 is 45.8. The van der Waals surface area contributed by atoms with Crippen molar-refractivity contribution in [2.24, 2.45) is 4.99 Å². The number of hydrogen-bond donors (Lipinski definition) is 1. The van der Waals surface area contributed by atoms with Gasteiger partial charge in [0.25, 0.3) is 0 Å². The number of morpholine rings is 1. The molecule has 1 N–H and O–H groups in total. The van der Waals surface area contributed by atoms with E-state index in [-0.39, 0.29) is 22.8 Å². The Morgan fingerprint density at radius 2 is 1.89 bits per heavy atom. The van der Waals surface area contributed by atoms with E-state index in [0.717, 1.165) is 21.7 Å². The third kappa shape index (κ3) is 4.94. The lowest BCUT2D eigenvalue weighted by molar-refractivity contribution is 0.122. The van der Waals surface area contributed by atoms with Crippen molar-refractivity contribution < 1.29 is 22.7 Å². The van der Waals surface area contributed by atoms with Crippen molar-refractivity contribution in [3.8, 4) is 5.75 Å². The van der Waals surface area contributed by atoms with E-state index in [1.54, 1.807) is 30.6 Å². The molecule has 0 saturated carbocycles. The lowest BCUT2D eigenvalue weighted by atomic mass is 10.0. The van der Waals surface area contributed by atoms with E-state index in [0.29, 0.717) is 50.5 Å². The second kappa shape index (κ2) is 9.60. The SMILES string of the molecule is CN(c1cc(N2CCOCC2)cn2c(=O)c(O)c(C3=NC=C(Cc4ccc(F)cc4)C3)nc12)S(C)(=O)=O. The summed E-state index contributed by atoms with van der Waals surface area (Å²) in [6.45, 7) is 2.14. The van der Waals surface area contributed by atoms with Gasteiger partial charge in [-0.15, -0.1) is 0 Å². The van der Waals surface area contributed by atoms with Crippen LogP contribution in [0.3, 0.4) is 0 Å². The summed E-state index contributed by atoms with van der Waals surface area (Å²) in [7, 11) is -2.30. The van der Waals surface area contributed by atoms with Gasteiger partial charge in [0, 0.05) is 39.0 Å². The highest BCUT2D eigenvalue weighted by molar-refractivity contribution is 7.92. The molecular weight excluding hydrogens is 501 g/mol. The van der Waals surface area contributed by atoms with Gasteiger partial charge in [-0.1, -0.05) is 12.1 Å². The third-order valence-corrected chi connectivity index (χ3v) is 7.69. The number of aromatic nitrogens is 2. The van der Waals surface area contributed by atoms with Crippen molar-refractivity contribution in [3.63, 3.8) is 0 Å². The molecule has 0 radical (unpaired) electrons. The molecule has 4 heterocycles. The van der Waals surface area contributed by atoms with Gasteiger partial charge in [-0.2, -0.15) is 0 Å². The molecule has 5 rings (SSSR count). The van der Waals surface area contributed by atoms with Crippen molar-refractivity contribution in [1.82, 2.24) is 9.38 Å². The third-order valence-electron chi connectivity index (χ3n) is 6.49. The number of pyridine rings is 1. The van der Waals surface area contributed by atoms with E-state index < -0.39 is 21.3 Å². The monoisotopic (exact) mass is 527 g/mol. The largest absolute Gasteiger partial charge is 0.501 e. The molecule has 0 amide bonds. The van der Waals surface area contributed by atoms with Crippen molar-refractivity contribution in [2.75, 3.05) is 48.8 Å². The zero-order valence-corrected chi connectivity index (χ0v) is 21.2. The maximum absolute atomic E-state index is 13.3. The number of fused-ring (bicyclic) bond motifs is 1. The van der Waals surface area contributed by atoms with Crippen LogP contribution < -0.4 is 14.8 Å². The van der Waals surface area contributed by atoms with E-state index in [1.807, 2.05) is 4.90 Å². The van der Waals surface area contributed by atoms with Gasteiger partial charge in [0.2, 0.25) is 15.8 Å². The average molecular weight is 528 g/mol. The molecule has 0 aliphatic carbocycles. The topological polar surface area (TPSA) is 117 Å². The normalized spacial score (nSPS) is 16.1. The van der Waals surface area contributed by atoms with Crippen LogP contribution in [0.4, 0.5) is 15.8 Å². The minimum atomic E-state index is -3.69. The first-order chi connectivity index (χ1) is 17.6. The molecule has 10 nitrogen and oxygen atoms in total. The number of nitrogens with zero attached hydrogens (tertiary/aromatic N) is 5. The number of rotatable bonds is 6. The molecule has 1 fully saturated rings. The quantitative estimate of drug-likeness (QED) is 0.522. The van der Waals surface area contributed by atoms with Gasteiger partial charge in [-0.25, -0.2) is 17.8 Å². The van der Waals surface area contributed by atoms with E-state index in [1.165, 1.54) is 23.6 Å². The number of anilines is 2. The van der Waals surface area contributed by atoms with Gasteiger partial charge in [0.15, 0.2) is 5.65 Å². The van der Waals surface area contributed by atoms with Gasteiger partial charge < -0.3 is 14.7 Å². The summed E-state index contributed by atoms with van der Waals surface area (Å²) in [6.07, 6.45) is 5.11. The molecule has 37 heavy (non-hydrogen) atoms. The molecular formula is C25H26FN5O5S. The summed E-state index contributed by atoms with van der Waals surface area (Å²) >= 11 is 0. The van der Waals surface area contributed by atoms with Crippen LogP contribution in [0.15, 0.2) is 58.1 Å². The Kier molecular flexibility index (Phi) is 6.46. The Hall–Kier alpha value is -3.77. The van der Waals surface area contributed by atoms with E-state index in [2.05, 4.69) is 9.98 Å². The minimum absolute atomic E-state index is 0.00219. The summed E-state index contributed by atoms with van der Waals surface area (Å²) in [5, 5.41) is 10.8. The smallest absolute Gasteiger partial charge is 0.300 e. The molecule has 1 aromatic carbocycles. The van der Waals surface area contributed by atoms with Crippen LogP contribution in [-0.4, -0.2) is 68.2 Å². The Morgan fingerprint density at radius 3 is 2.57 bits per heavy atom. The number of hydrogen-bond acceptors (Lipinski definition) is 8. The van der Waals surface area contributed by atoms with Gasteiger partial charge >= 0.3 is 5.56 Å². The number of allylic oxidation sites excluding steroid dienone is 1. The van der Waals surface area contributed by atoms with E-state index in [4.69, 9.17) is 4.74 Å². The highest BCUT2D eigenvalue weighted by atomic mass is 32.2. The predicted molar refractivity (Wildman–Crippen MR) is 139 cm³/mol. The van der Waals surface area contributed by atoms with Crippen molar-refractivity contribution in [2.45, 2.75) is 12.8 Å². The molecule has 2 aliphatic heterocycles. The molecule has 2 aromatic heterocycles. The highest BCUT2D eigenvalue weighted by Crippen LogP contribution is 2.30. The molecule has 0 unspecified atom stereocenters. The fraction of sp³-hybridized carbons (Fsp3) is 0.320. The number of benzene rings is 1. The van der Waals surface area contributed by atoms with Crippen molar-refractivity contribution >= 4 is 32.8 Å². The fourth-order valence-electron chi connectivity index (χ4n) is 4.40. The minimum Gasteiger partial charge on any atom is -0.501 e. The summed E-state index contributed by atoms with van der Waals surface area (Å²) in [6, 6.07) is 7.81.